The Morgan fingerprint density at radius 1 is 1.33 bits per heavy atom. The number of aliphatic carboxylic acids is 1. The Kier molecular flexibility index (Phi) is 9.32. The largest absolute Gasteiger partial charge is 0.481 e. The second kappa shape index (κ2) is 10.6. The number of nitrogens with zero attached hydrogens (tertiary/aromatic N) is 1. The highest BCUT2D eigenvalue weighted by atomic mass is 35.5. The zero-order chi connectivity index (χ0) is 23.3. The number of carbonyl (C=O) groups is 2. The van der Waals surface area contributed by atoms with E-state index in [0.717, 1.165) is 0 Å². The van der Waals surface area contributed by atoms with E-state index in [9.17, 15) is 14.0 Å². The van der Waals surface area contributed by atoms with Crippen LogP contribution in [0.4, 0.5) is 9.18 Å². The summed E-state index contributed by atoms with van der Waals surface area (Å²) in [6, 6.07) is 3.57. The van der Waals surface area contributed by atoms with Crippen molar-refractivity contribution in [3.05, 3.63) is 34.6 Å². The summed E-state index contributed by atoms with van der Waals surface area (Å²) in [7, 11) is -0.506. The van der Waals surface area contributed by atoms with E-state index in [4.69, 9.17) is 21.1 Å². The van der Waals surface area contributed by atoms with Gasteiger partial charge in [-0.3, -0.25) is 4.79 Å². The molecular formula is C21H34ClFN2O4Si. The number of urea groups is 1. The molecule has 0 heterocycles. The van der Waals surface area contributed by atoms with Crippen molar-refractivity contribution in [2.24, 2.45) is 0 Å². The second-order valence-electron chi connectivity index (χ2n) is 9.07. The first-order valence-electron chi connectivity index (χ1n) is 10.0. The van der Waals surface area contributed by atoms with Gasteiger partial charge in [0.2, 0.25) is 0 Å². The average Bonchev–Trinajstić information content (AvgIpc) is 2.61. The maximum absolute atomic E-state index is 13.6. The normalized spacial score (nSPS) is 14.2. The summed E-state index contributed by atoms with van der Waals surface area (Å²) < 4.78 is 20.0. The Balaban J connectivity index is 2.93. The number of carboxylic acids is 1. The average molecular weight is 461 g/mol. The SMILES string of the molecule is CC(O[Si](C)(C)C(C)(C)C)C(CCC(=O)O)N(C)C(=O)NCc1cccc(F)c1Cl. The van der Waals surface area contributed by atoms with Crippen molar-refractivity contribution < 1.29 is 23.5 Å². The van der Waals surface area contributed by atoms with E-state index in [0.29, 0.717) is 5.56 Å². The summed E-state index contributed by atoms with van der Waals surface area (Å²) in [6.45, 7) is 12.5. The Labute approximate surface area is 184 Å². The summed E-state index contributed by atoms with van der Waals surface area (Å²) in [5.74, 6) is -1.48. The van der Waals surface area contributed by atoms with E-state index in [1.165, 1.54) is 17.0 Å². The third-order valence-corrected chi connectivity index (χ3v) is 10.8. The predicted molar refractivity (Wildman–Crippen MR) is 120 cm³/mol. The molecule has 30 heavy (non-hydrogen) atoms. The number of amides is 2. The molecule has 1 aromatic carbocycles. The molecule has 0 aromatic heterocycles. The third kappa shape index (κ3) is 7.25. The molecule has 2 unspecified atom stereocenters. The Hall–Kier alpha value is -1.64. The molecule has 0 aliphatic rings. The maximum Gasteiger partial charge on any atom is 0.317 e. The van der Waals surface area contributed by atoms with Crippen molar-refractivity contribution in [1.29, 1.82) is 0 Å². The summed E-state index contributed by atoms with van der Waals surface area (Å²) in [6.07, 6.45) is -0.169. The van der Waals surface area contributed by atoms with Crippen LogP contribution in [-0.4, -0.2) is 49.5 Å². The van der Waals surface area contributed by atoms with Crippen LogP contribution in [-0.2, 0) is 15.8 Å². The van der Waals surface area contributed by atoms with Crippen LogP contribution in [0, 0.1) is 5.82 Å². The molecule has 1 aromatic rings. The van der Waals surface area contributed by atoms with E-state index < -0.39 is 32.2 Å². The maximum atomic E-state index is 13.6. The van der Waals surface area contributed by atoms with Crippen LogP contribution in [0.3, 0.4) is 0 Å². The minimum Gasteiger partial charge on any atom is -0.481 e. The van der Waals surface area contributed by atoms with Gasteiger partial charge in [-0.1, -0.05) is 44.5 Å². The minimum atomic E-state index is -2.12. The van der Waals surface area contributed by atoms with Crippen molar-refractivity contribution in [3.63, 3.8) is 0 Å². The van der Waals surface area contributed by atoms with E-state index in [2.05, 4.69) is 39.2 Å². The molecule has 2 amide bonds. The number of benzene rings is 1. The Morgan fingerprint density at radius 2 is 1.93 bits per heavy atom. The van der Waals surface area contributed by atoms with Gasteiger partial charge in [0.1, 0.15) is 5.82 Å². The number of carbonyl (C=O) groups excluding carboxylic acids is 1. The molecule has 1 rings (SSSR count). The number of carboxylic acid groups (broad SMARTS) is 1. The second-order valence-corrected chi connectivity index (χ2v) is 14.2. The van der Waals surface area contributed by atoms with E-state index in [-0.39, 0.29) is 35.6 Å². The van der Waals surface area contributed by atoms with Gasteiger partial charge in [-0.2, -0.15) is 0 Å². The first-order valence-corrected chi connectivity index (χ1v) is 13.3. The highest BCUT2D eigenvalue weighted by Crippen LogP contribution is 2.38. The van der Waals surface area contributed by atoms with Crippen molar-refractivity contribution in [2.75, 3.05) is 7.05 Å². The number of likely N-dealkylation sites (N-methyl/N-ethyl adjacent to an activating group) is 1. The summed E-state index contributed by atoms with van der Waals surface area (Å²) >= 11 is 5.95. The van der Waals surface area contributed by atoms with E-state index in [1.807, 2.05) is 6.92 Å². The fourth-order valence-electron chi connectivity index (χ4n) is 2.87. The topological polar surface area (TPSA) is 78.9 Å². The third-order valence-electron chi connectivity index (χ3n) is 5.76. The fourth-order valence-corrected chi connectivity index (χ4v) is 4.50. The molecule has 0 radical (unpaired) electrons. The molecule has 0 fully saturated rings. The number of halogens is 2. The van der Waals surface area contributed by atoms with Gasteiger partial charge in [-0.05, 0) is 43.1 Å². The molecule has 0 saturated heterocycles. The highest BCUT2D eigenvalue weighted by Gasteiger charge is 2.40. The monoisotopic (exact) mass is 460 g/mol. The van der Waals surface area contributed by atoms with Gasteiger partial charge in [0.15, 0.2) is 8.32 Å². The van der Waals surface area contributed by atoms with Crippen LogP contribution >= 0.6 is 11.6 Å². The van der Waals surface area contributed by atoms with Crippen molar-refractivity contribution in [1.82, 2.24) is 10.2 Å². The van der Waals surface area contributed by atoms with Gasteiger partial charge in [-0.25, -0.2) is 9.18 Å². The fraction of sp³-hybridized carbons (Fsp3) is 0.619. The van der Waals surface area contributed by atoms with Crippen molar-refractivity contribution in [3.8, 4) is 0 Å². The molecule has 2 N–H and O–H groups in total. The van der Waals surface area contributed by atoms with Gasteiger partial charge in [-0.15, -0.1) is 0 Å². The molecule has 6 nitrogen and oxygen atoms in total. The molecule has 0 bridgehead atoms. The van der Waals surface area contributed by atoms with Gasteiger partial charge >= 0.3 is 12.0 Å². The smallest absolute Gasteiger partial charge is 0.317 e. The Morgan fingerprint density at radius 3 is 2.47 bits per heavy atom. The predicted octanol–water partition coefficient (Wildman–Crippen LogP) is 5.26. The Bertz CT molecular complexity index is 755. The van der Waals surface area contributed by atoms with Crippen LogP contribution in [0.2, 0.25) is 23.2 Å². The lowest BCUT2D eigenvalue weighted by Gasteiger charge is -2.42. The zero-order valence-electron chi connectivity index (χ0n) is 18.9. The molecule has 9 heteroatoms. The lowest BCUT2D eigenvalue weighted by molar-refractivity contribution is -0.137. The van der Waals surface area contributed by atoms with Crippen LogP contribution in [0.1, 0.15) is 46.1 Å². The molecule has 2 atom stereocenters. The van der Waals surface area contributed by atoms with Crippen LogP contribution < -0.4 is 5.32 Å². The molecule has 0 spiro atoms. The van der Waals surface area contributed by atoms with E-state index in [1.54, 1.807) is 13.1 Å². The van der Waals surface area contributed by atoms with Gasteiger partial charge in [0.25, 0.3) is 0 Å². The standard InChI is InChI=1S/C21H34ClFN2O4Si/c1-14(29-30(6,7)21(2,3)4)17(11-12-18(26)27)25(5)20(28)24-13-15-9-8-10-16(23)19(15)22/h8-10,14,17H,11-13H2,1-7H3,(H,24,28)(H,26,27). The van der Waals surface area contributed by atoms with Crippen LogP contribution in [0.25, 0.3) is 0 Å². The zero-order valence-corrected chi connectivity index (χ0v) is 20.6. The summed E-state index contributed by atoms with van der Waals surface area (Å²) in [5, 5.41) is 11.8. The summed E-state index contributed by atoms with van der Waals surface area (Å²) in [4.78, 5) is 25.4. The molecular weight excluding hydrogens is 427 g/mol. The summed E-state index contributed by atoms with van der Waals surface area (Å²) in [5.41, 5.74) is 0.464. The van der Waals surface area contributed by atoms with Crippen LogP contribution in [0.5, 0.6) is 0 Å². The molecule has 0 saturated carbocycles. The first kappa shape index (κ1) is 26.4. The number of rotatable bonds is 9. The van der Waals surface area contributed by atoms with Crippen molar-refractivity contribution >= 4 is 31.9 Å². The van der Waals surface area contributed by atoms with Gasteiger partial charge in [0.05, 0.1) is 17.2 Å². The molecule has 170 valence electrons. The van der Waals surface area contributed by atoms with Gasteiger partial charge in [0, 0.05) is 20.0 Å². The number of nitrogens with one attached hydrogen (secondary N) is 1. The minimum absolute atomic E-state index is 0.0203. The number of hydrogen-bond donors (Lipinski definition) is 2. The van der Waals surface area contributed by atoms with Crippen LogP contribution in [0.15, 0.2) is 18.2 Å². The first-order chi connectivity index (χ1) is 13.7. The lowest BCUT2D eigenvalue weighted by Crippen LogP contribution is -2.53. The van der Waals surface area contributed by atoms with E-state index >= 15 is 0 Å². The van der Waals surface area contributed by atoms with Crippen molar-refractivity contribution in [2.45, 2.75) is 77.4 Å². The van der Waals surface area contributed by atoms with Gasteiger partial charge < -0.3 is 19.7 Å². The molecule has 0 aliphatic heterocycles. The lowest BCUT2D eigenvalue weighted by atomic mass is 10.1. The quantitative estimate of drug-likeness (QED) is 0.492. The highest BCUT2D eigenvalue weighted by molar-refractivity contribution is 6.74. The number of hydrogen-bond acceptors (Lipinski definition) is 3. The molecule has 0 aliphatic carbocycles.